The summed E-state index contributed by atoms with van der Waals surface area (Å²) in [4.78, 5) is 4.34. The van der Waals surface area contributed by atoms with Crippen LogP contribution in [-0.2, 0) is 11.2 Å². The molecule has 4 rings (SSSR count). The molecule has 2 N–H and O–H groups in total. The highest BCUT2D eigenvalue weighted by atomic mass is 16.5. The topological polar surface area (TPSA) is 65.4 Å². The lowest BCUT2D eigenvalue weighted by Gasteiger charge is -2.41. The fourth-order valence-electron chi connectivity index (χ4n) is 6.37. The maximum atomic E-state index is 11.2. The van der Waals surface area contributed by atoms with Gasteiger partial charge in [0.2, 0.25) is 0 Å². The van der Waals surface area contributed by atoms with Crippen molar-refractivity contribution in [1.29, 1.82) is 0 Å². The normalized spacial score (nSPS) is 27.5. The molecule has 0 saturated heterocycles. The fraction of sp³-hybridized carbons (Fsp3) is 0.625. The van der Waals surface area contributed by atoms with Gasteiger partial charge < -0.3 is 29.5 Å². The van der Waals surface area contributed by atoms with Gasteiger partial charge in [-0.05, 0) is 89.3 Å². The molecular weight excluding hydrogens is 476 g/mol. The van der Waals surface area contributed by atoms with Gasteiger partial charge in [0.05, 0.1) is 25.4 Å². The van der Waals surface area contributed by atoms with Gasteiger partial charge in [-0.25, -0.2) is 0 Å². The standard InChI is InChI=1S/2C16H25NO2/c2*1-17(2)12-14-7-4-5-10-16(14,18)13-8-6-9-15(11-13)19-3/h2*6,8-9,11,14,18H,4-5,7,10,12H2,1-3H3/t2*14-,16+/m10/s1. The minimum Gasteiger partial charge on any atom is -0.497 e. The minimum absolute atomic E-state index is 0.295. The zero-order valence-electron chi connectivity index (χ0n) is 24.4. The quantitative estimate of drug-likeness (QED) is 0.489. The van der Waals surface area contributed by atoms with Crippen LogP contribution in [0.4, 0.5) is 0 Å². The van der Waals surface area contributed by atoms with Gasteiger partial charge in [0.1, 0.15) is 11.5 Å². The van der Waals surface area contributed by atoms with Crippen molar-refractivity contribution in [2.45, 2.75) is 62.6 Å². The SMILES string of the molecule is COc1cccc([C@@]2(O)CCCC[C@@H]2CN(C)C)c1.COc1cccc([C@]2(O)CCCC[C@H]2CN(C)C)c1. The summed E-state index contributed by atoms with van der Waals surface area (Å²) in [7, 11) is 11.6. The largest absolute Gasteiger partial charge is 0.497 e. The molecule has 0 heterocycles. The van der Waals surface area contributed by atoms with E-state index < -0.39 is 11.2 Å². The van der Waals surface area contributed by atoms with Crippen LogP contribution in [0.2, 0.25) is 0 Å². The average molecular weight is 527 g/mol. The first-order valence-electron chi connectivity index (χ1n) is 14.2. The predicted octanol–water partition coefficient (Wildman–Crippen LogP) is 5.27. The Morgan fingerprint density at radius 3 is 1.42 bits per heavy atom. The van der Waals surface area contributed by atoms with E-state index in [2.05, 4.69) is 38.0 Å². The molecule has 0 radical (unpaired) electrons. The summed E-state index contributed by atoms with van der Waals surface area (Å²) in [5, 5.41) is 22.4. The number of methoxy groups -OCH3 is 2. The Morgan fingerprint density at radius 2 is 1.08 bits per heavy atom. The van der Waals surface area contributed by atoms with Crippen molar-refractivity contribution in [3.05, 3.63) is 59.7 Å². The molecule has 2 saturated carbocycles. The summed E-state index contributed by atoms with van der Waals surface area (Å²) in [6, 6.07) is 15.8. The van der Waals surface area contributed by atoms with Crippen molar-refractivity contribution in [1.82, 2.24) is 9.80 Å². The lowest BCUT2D eigenvalue weighted by atomic mass is 9.71. The van der Waals surface area contributed by atoms with Gasteiger partial charge >= 0.3 is 0 Å². The van der Waals surface area contributed by atoms with Crippen LogP contribution in [-0.4, -0.2) is 75.5 Å². The molecule has 0 spiro atoms. The van der Waals surface area contributed by atoms with Gasteiger partial charge in [-0.1, -0.05) is 49.9 Å². The number of nitrogens with zero attached hydrogens (tertiary/aromatic N) is 2. The van der Waals surface area contributed by atoms with Gasteiger partial charge in [0.25, 0.3) is 0 Å². The molecule has 38 heavy (non-hydrogen) atoms. The fourth-order valence-corrected chi connectivity index (χ4v) is 6.37. The molecule has 2 fully saturated rings. The maximum absolute atomic E-state index is 11.2. The smallest absolute Gasteiger partial charge is 0.119 e. The minimum atomic E-state index is -0.711. The molecule has 6 heteroatoms. The summed E-state index contributed by atoms with van der Waals surface area (Å²) in [5.41, 5.74) is 0.575. The van der Waals surface area contributed by atoms with Gasteiger partial charge in [-0.3, -0.25) is 0 Å². The van der Waals surface area contributed by atoms with E-state index in [4.69, 9.17) is 9.47 Å². The second kappa shape index (κ2) is 13.8. The Hall–Kier alpha value is -2.12. The summed E-state index contributed by atoms with van der Waals surface area (Å²) in [5.74, 6) is 2.23. The maximum Gasteiger partial charge on any atom is 0.119 e. The molecule has 4 atom stereocenters. The highest BCUT2D eigenvalue weighted by molar-refractivity contribution is 5.34. The second-order valence-electron chi connectivity index (χ2n) is 11.7. The van der Waals surface area contributed by atoms with Crippen molar-refractivity contribution in [3.8, 4) is 11.5 Å². The van der Waals surface area contributed by atoms with Crippen LogP contribution in [0.15, 0.2) is 48.5 Å². The average Bonchev–Trinajstić information content (AvgIpc) is 2.91. The number of ether oxygens (including phenoxy) is 2. The highest BCUT2D eigenvalue weighted by Gasteiger charge is 2.41. The highest BCUT2D eigenvalue weighted by Crippen LogP contribution is 2.44. The van der Waals surface area contributed by atoms with Gasteiger partial charge in [-0.15, -0.1) is 0 Å². The van der Waals surface area contributed by atoms with E-state index in [-0.39, 0.29) is 0 Å². The van der Waals surface area contributed by atoms with Crippen molar-refractivity contribution >= 4 is 0 Å². The van der Waals surface area contributed by atoms with E-state index in [0.29, 0.717) is 11.8 Å². The number of aliphatic hydroxyl groups is 2. The zero-order valence-corrected chi connectivity index (χ0v) is 24.4. The summed E-state index contributed by atoms with van der Waals surface area (Å²) < 4.78 is 10.6. The van der Waals surface area contributed by atoms with Gasteiger partial charge in [0.15, 0.2) is 0 Å². The molecule has 2 aliphatic rings. The van der Waals surface area contributed by atoms with Gasteiger partial charge in [-0.2, -0.15) is 0 Å². The Balaban J connectivity index is 0.000000211. The van der Waals surface area contributed by atoms with Crippen LogP contribution in [0.1, 0.15) is 62.5 Å². The number of hydrogen-bond acceptors (Lipinski definition) is 6. The molecule has 0 aromatic heterocycles. The van der Waals surface area contributed by atoms with E-state index in [0.717, 1.165) is 74.2 Å². The molecule has 6 nitrogen and oxygen atoms in total. The van der Waals surface area contributed by atoms with Crippen LogP contribution in [0.3, 0.4) is 0 Å². The lowest BCUT2D eigenvalue weighted by Crippen LogP contribution is -2.43. The van der Waals surface area contributed by atoms with Crippen molar-refractivity contribution in [2.24, 2.45) is 11.8 Å². The number of benzene rings is 2. The van der Waals surface area contributed by atoms with Crippen LogP contribution in [0.25, 0.3) is 0 Å². The molecule has 0 unspecified atom stereocenters. The molecule has 2 aliphatic carbocycles. The Kier molecular flexibility index (Phi) is 11.0. The molecule has 0 amide bonds. The summed E-state index contributed by atoms with van der Waals surface area (Å²) in [6.45, 7) is 1.85. The van der Waals surface area contributed by atoms with Crippen molar-refractivity contribution in [2.75, 3.05) is 55.5 Å². The molecule has 212 valence electrons. The molecule has 2 aromatic carbocycles. The molecule has 0 bridgehead atoms. The van der Waals surface area contributed by atoms with Crippen LogP contribution >= 0.6 is 0 Å². The third-order valence-electron chi connectivity index (χ3n) is 8.38. The Bertz CT molecular complexity index is 917. The summed E-state index contributed by atoms with van der Waals surface area (Å²) in [6.07, 6.45) is 8.49. The van der Waals surface area contributed by atoms with E-state index in [1.54, 1.807) is 14.2 Å². The Morgan fingerprint density at radius 1 is 0.684 bits per heavy atom. The van der Waals surface area contributed by atoms with Gasteiger partial charge in [0, 0.05) is 24.9 Å². The predicted molar refractivity (Wildman–Crippen MR) is 155 cm³/mol. The van der Waals surface area contributed by atoms with Crippen LogP contribution in [0, 0.1) is 11.8 Å². The van der Waals surface area contributed by atoms with Crippen molar-refractivity contribution in [3.63, 3.8) is 0 Å². The van der Waals surface area contributed by atoms with E-state index in [1.165, 1.54) is 12.8 Å². The third-order valence-corrected chi connectivity index (χ3v) is 8.38. The molecular formula is C32H50N2O4. The number of hydrogen-bond donors (Lipinski definition) is 2. The van der Waals surface area contributed by atoms with E-state index in [9.17, 15) is 10.2 Å². The second-order valence-corrected chi connectivity index (χ2v) is 11.7. The first-order valence-corrected chi connectivity index (χ1v) is 14.2. The first kappa shape index (κ1) is 30.4. The third kappa shape index (κ3) is 7.50. The number of rotatable bonds is 8. The lowest BCUT2D eigenvalue weighted by molar-refractivity contribution is -0.0621. The molecule has 2 aromatic rings. The van der Waals surface area contributed by atoms with Crippen LogP contribution < -0.4 is 9.47 Å². The molecule has 0 aliphatic heterocycles. The first-order chi connectivity index (χ1) is 18.1. The monoisotopic (exact) mass is 526 g/mol. The van der Waals surface area contributed by atoms with Crippen LogP contribution in [0.5, 0.6) is 11.5 Å². The van der Waals surface area contributed by atoms with E-state index >= 15 is 0 Å². The van der Waals surface area contributed by atoms with E-state index in [1.807, 2.05) is 48.5 Å². The van der Waals surface area contributed by atoms with Crippen molar-refractivity contribution < 1.29 is 19.7 Å². The zero-order chi connectivity index (χ0) is 27.8. The summed E-state index contributed by atoms with van der Waals surface area (Å²) >= 11 is 0. The Labute approximate surface area is 230 Å².